The van der Waals surface area contributed by atoms with Gasteiger partial charge in [0.05, 0.1) is 26.4 Å². The van der Waals surface area contributed by atoms with Crippen LogP contribution in [-0.4, -0.2) is 142 Å². The fourth-order valence-corrected chi connectivity index (χ4v) is 8.37. The predicted molar refractivity (Wildman–Crippen MR) is 275 cm³/mol. The number of carbonyl (C=O) groups is 1. The first-order chi connectivity index (χ1) is 34.1. The Bertz CT molecular complexity index is 1390. The van der Waals surface area contributed by atoms with E-state index in [0.29, 0.717) is 13.0 Å². The molecule has 2 aliphatic heterocycles. The molecule has 2 heterocycles. The van der Waals surface area contributed by atoms with E-state index in [1.54, 1.807) is 0 Å². The van der Waals surface area contributed by atoms with Gasteiger partial charge in [0.2, 0.25) is 0 Å². The molecular formula is C56H98O14. The zero-order valence-electron chi connectivity index (χ0n) is 43.2. The second-order valence-corrected chi connectivity index (χ2v) is 19.0. The Kier molecular flexibility index (Phi) is 39.3. The molecule has 70 heavy (non-hydrogen) atoms. The SMILES string of the molecule is CC/C=C\C/C=C\C/C=C\C/C=C\C/C=C\CCCCCCCCCCCC(=O)OC(COCCCCCCCCCCCCC)COC1OC(COC2OC(CO)C(O)C(O)C2O)C(O)C(O)C1O. The molecule has 0 saturated carbocycles. The number of hydrogen-bond acceptors (Lipinski definition) is 14. The zero-order chi connectivity index (χ0) is 50.9. The summed E-state index contributed by atoms with van der Waals surface area (Å²) in [6.07, 6.45) is 35.7. The summed E-state index contributed by atoms with van der Waals surface area (Å²) in [7, 11) is 0. The van der Waals surface area contributed by atoms with E-state index in [-0.39, 0.29) is 25.6 Å². The molecule has 14 heteroatoms. The van der Waals surface area contributed by atoms with Crippen LogP contribution in [-0.2, 0) is 33.2 Å². The molecule has 2 saturated heterocycles. The number of ether oxygens (including phenoxy) is 6. The van der Waals surface area contributed by atoms with E-state index in [1.165, 1.54) is 83.5 Å². The van der Waals surface area contributed by atoms with Gasteiger partial charge in [0.15, 0.2) is 12.6 Å². The van der Waals surface area contributed by atoms with Gasteiger partial charge in [-0.25, -0.2) is 0 Å². The van der Waals surface area contributed by atoms with E-state index in [9.17, 15) is 40.5 Å². The van der Waals surface area contributed by atoms with Crippen LogP contribution >= 0.6 is 0 Å². The molecule has 0 radical (unpaired) electrons. The Morgan fingerprint density at radius 2 is 0.929 bits per heavy atom. The Labute approximate surface area is 422 Å². The second-order valence-electron chi connectivity index (χ2n) is 19.0. The second kappa shape index (κ2) is 43.1. The number of unbranched alkanes of at least 4 members (excludes halogenated alkanes) is 19. The molecule has 0 aromatic heterocycles. The van der Waals surface area contributed by atoms with Crippen molar-refractivity contribution in [2.75, 3.05) is 33.0 Å². The monoisotopic (exact) mass is 995 g/mol. The summed E-state index contributed by atoms with van der Waals surface area (Å²) >= 11 is 0. The van der Waals surface area contributed by atoms with Gasteiger partial charge < -0.3 is 64.2 Å². The molecule has 406 valence electrons. The van der Waals surface area contributed by atoms with Crippen LogP contribution in [0.4, 0.5) is 0 Å². The average molecular weight is 995 g/mol. The highest BCUT2D eigenvalue weighted by Gasteiger charge is 2.47. The van der Waals surface area contributed by atoms with Gasteiger partial charge in [-0.15, -0.1) is 0 Å². The van der Waals surface area contributed by atoms with Gasteiger partial charge in [-0.1, -0.05) is 184 Å². The average Bonchev–Trinajstić information content (AvgIpc) is 3.36. The third-order valence-corrected chi connectivity index (χ3v) is 12.8. The molecule has 0 amide bonds. The Balaban J connectivity index is 1.70. The van der Waals surface area contributed by atoms with E-state index in [4.69, 9.17) is 28.4 Å². The van der Waals surface area contributed by atoms with Crippen LogP contribution in [0, 0.1) is 0 Å². The fourth-order valence-electron chi connectivity index (χ4n) is 8.37. The van der Waals surface area contributed by atoms with Crippen molar-refractivity contribution < 1.29 is 69.0 Å². The number of rotatable bonds is 43. The molecule has 2 rings (SSSR count). The summed E-state index contributed by atoms with van der Waals surface area (Å²) in [6.45, 7) is 3.56. The molecule has 0 aromatic carbocycles. The number of aliphatic hydroxyl groups excluding tert-OH is 7. The van der Waals surface area contributed by atoms with E-state index >= 15 is 0 Å². The number of carbonyl (C=O) groups excluding carboxylic acids is 1. The highest BCUT2D eigenvalue weighted by Crippen LogP contribution is 2.26. The zero-order valence-corrected chi connectivity index (χ0v) is 43.2. The van der Waals surface area contributed by atoms with Crippen molar-refractivity contribution in [1.29, 1.82) is 0 Å². The highest BCUT2D eigenvalue weighted by atomic mass is 16.7. The third-order valence-electron chi connectivity index (χ3n) is 12.8. The van der Waals surface area contributed by atoms with Gasteiger partial charge in [0.25, 0.3) is 0 Å². The Hall–Kier alpha value is -2.31. The smallest absolute Gasteiger partial charge is 0.306 e. The van der Waals surface area contributed by atoms with Crippen LogP contribution in [0.15, 0.2) is 60.8 Å². The lowest BCUT2D eigenvalue weighted by Gasteiger charge is -2.42. The lowest BCUT2D eigenvalue weighted by molar-refractivity contribution is -0.332. The Morgan fingerprint density at radius 1 is 0.486 bits per heavy atom. The fraction of sp³-hybridized carbons (Fsp3) is 0.804. The maximum absolute atomic E-state index is 13.0. The molecule has 7 N–H and O–H groups in total. The predicted octanol–water partition coefficient (Wildman–Crippen LogP) is 8.91. The van der Waals surface area contributed by atoms with Crippen LogP contribution in [0.25, 0.3) is 0 Å². The number of hydrogen-bond donors (Lipinski definition) is 7. The lowest BCUT2D eigenvalue weighted by Crippen LogP contribution is -2.61. The highest BCUT2D eigenvalue weighted by molar-refractivity contribution is 5.69. The van der Waals surface area contributed by atoms with Crippen LogP contribution < -0.4 is 0 Å². The van der Waals surface area contributed by atoms with Crippen molar-refractivity contribution in [3.8, 4) is 0 Å². The molecule has 0 aromatic rings. The van der Waals surface area contributed by atoms with Gasteiger partial charge in [-0.3, -0.25) is 4.79 Å². The van der Waals surface area contributed by atoms with Gasteiger partial charge in [0, 0.05) is 13.0 Å². The maximum atomic E-state index is 13.0. The van der Waals surface area contributed by atoms with Crippen molar-refractivity contribution in [3.05, 3.63) is 60.8 Å². The minimum Gasteiger partial charge on any atom is -0.457 e. The Morgan fingerprint density at radius 3 is 1.46 bits per heavy atom. The van der Waals surface area contributed by atoms with Crippen molar-refractivity contribution >= 4 is 5.97 Å². The van der Waals surface area contributed by atoms with Crippen molar-refractivity contribution in [1.82, 2.24) is 0 Å². The quantitative estimate of drug-likeness (QED) is 0.0173. The van der Waals surface area contributed by atoms with Gasteiger partial charge in [-0.05, 0) is 57.8 Å². The summed E-state index contributed by atoms with van der Waals surface area (Å²) in [5.74, 6) is -0.384. The molecule has 0 spiro atoms. The summed E-state index contributed by atoms with van der Waals surface area (Å²) in [4.78, 5) is 13.0. The molecule has 0 aliphatic carbocycles. The van der Waals surface area contributed by atoms with Crippen LogP contribution in [0.5, 0.6) is 0 Å². The van der Waals surface area contributed by atoms with Crippen molar-refractivity contribution in [3.63, 3.8) is 0 Å². The molecular weight excluding hydrogens is 897 g/mol. The molecule has 14 nitrogen and oxygen atoms in total. The normalized spacial score (nSPS) is 26.0. The summed E-state index contributed by atoms with van der Waals surface area (Å²) in [6, 6.07) is 0. The van der Waals surface area contributed by atoms with Crippen LogP contribution in [0.1, 0.15) is 187 Å². The van der Waals surface area contributed by atoms with Crippen molar-refractivity contribution in [2.24, 2.45) is 0 Å². The van der Waals surface area contributed by atoms with E-state index in [0.717, 1.165) is 77.0 Å². The first-order valence-electron chi connectivity index (χ1n) is 27.4. The number of allylic oxidation sites excluding steroid dienone is 10. The molecule has 2 fully saturated rings. The number of aliphatic hydroxyl groups is 7. The van der Waals surface area contributed by atoms with Crippen molar-refractivity contribution in [2.45, 2.75) is 255 Å². The summed E-state index contributed by atoms with van der Waals surface area (Å²) in [5.41, 5.74) is 0. The first-order valence-corrected chi connectivity index (χ1v) is 27.4. The van der Waals surface area contributed by atoms with Gasteiger partial charge >= 0.3 is 5.97 Å². The molecule has 11 unspecified atom stereocenters. The van der Waals surface area contributed by atoms with Gasteiger partial charge in [0.1, 0.15) is 54.9 Å². The topological polar surface area (TPSA) is 214 Å². The van der Waals surface area contributed by atoms with E-state index < -0.39 is 80.7 Å². The first kappa shape index (κ1) is 63.8. The van der Waals surface area contributed by atoms with Crippen LogP contribution in [0.2, 0.25) is 0 Å². The molecule has 2 aliphatic rings. The van der Waals surface area contributed by atoms with E-state index in [1.807, 2.05) is 0 Å². The standard InChI is InChI=1S/C56H98O14/c1-3-5-7-9-11-13-15-16-17-18-19-20-21-22-23-24-25-26-27-28-29-31-33-35-37-39-48(58)68-45(42-65-40-38-36-34-32-30-14-12-10-8-6-4-2)43-66-55-54(64)52(62)50(60)47(70-55)44-67-56-53(63)51(61)49(59)46(41-57)69-56/h5,7,11,13,16-17,19-20,22-23,45-47,49-57,59-64H,3-4,6,8-10,12,14-15,18,21,24-44H2,1-2H3/b7-5-,13-11-,17-16-,20-19-,23-22-. The van der Waals surface area contributed by atoms with Crippen LogP contribution in [0.3, 0.4) is 0 Å². The summed E-state index contributed by atoms with van der Waals surface area (Å²) in [5, 5.41) is 72.2. The van der Waals surface area contributed by atoms with E-state index in [2.05, 4.69) is 74.6 Å². The third kappa shape index (κ3) is 30.0. The minimum atomic E-state index is -1.71. The minimum absolute atomic E-state index is 0.0590. The van der Waals surface area contributed by atoms with Gasteiger partial charge in [-0.2, -0.15) is 0 Å². The lowest BCUT2D eigenvalue weighted by atomic mass is 9.98. The molecule has 0 bridgehead atoms. The summed E-state index contributed by atoms with van der Waals surface area (Å²) < 4.78 is 34.3. The maximum Gasteiger partial charge on any atom is 0.306 e. The number of esters is 1. The largest absolute Gasteiger partial charge is 0.457 e. The molecule has 11 atom stereocenters.